The largest absolute Gasteiger partial charge is 0.465 e. The van der Waals surface area contributed by atoms with Crippen molar-refractivity contribution in [3.8, 4) is 0 Å². The molecule has 1 saturated heterocycles. The van der Waals surface area contributed by atoms with E-state index in [4.69, 9.17) is 5.11 Å². The van der Waals surface area contributed by atoms with E-state index >= 15 is 0 Å². The average molecular weight is 393 g/mol. The Labute approximate surface area is 162 Å². The van der Waals surface area contributed by atoms with Gasteiger partial charge >= 0.3 is 23.8 Å². The minimum Gasteiger partial charge on any atom is -0.465 e. The van der Waals surface area contributed by atoms with Gasteiger partial charge < -0.3 is 24.8 Å². The zero-order chi connectivity index (χ0) is 20.7. The molecule has 1 fully saturated rings. The molecule has 28 heavy (non-hydrogen) atoms. The molecule has 0 unspecified atom stereocenters. The van der Waals surface area contributed by atoms with Crippen LogP contribution in [0.15, 0.2) is 18.2 Å². The van der Waals surface area contributed by atoms with Gasteiger partial charge in [-0.1, -0.05) is 0 Å². The predicted octanol–water partition coefficient (Wildman–Crippen LogP) is -0.665. The van der Waals surface area contributed by atoms with Gasteiger partial charge in [-0.2, -0.15) is 0 Å². The van der Waals surface area contributed by atoms with E-state index in [9.17, 15) is 19.2 Å². The lowest BCUT2D eigenvalue weighted by Crippen LogP contribution is -2.52. The second kappa shape index (κ2) is 9.81. The number of hydrogen-bond donors (Lipinski definition) is 2. The Morgan fingerprint density at radius 3 is 2.25 bits per heavy atom. The van der Waals surface area contributed by atoms with Crippen LogP contribution < -0.4 is 5.32 Å². The van der Waals surface area contributed by atoms with Gasteiger partial charge in [0.1, 0.15) is 0 Å². The normalized spacial score (nSPS) is 14.3. The molecule has 2 amide bonds. The maximum Gasteiger partial charge on any atom is 0.339 e. The van der Waals surface area contributed by atoms with Crippen LogP contribution in [0, 0.1) is 0 Å². The Balaban J connectivity index is 2.14. The predicted molar refractivity (Wildman–Crippen MR) is 97.9 cm³/mol. The number of methoxy groups -OCH3 is 2. The van der Waals surface area contributed by atoms with Gasteiger partial charge in [-0.3, -0.25) is 14.5 Å². The standard InChI is InChI=1S/C18H23N3O7/c1-27-17(25)12-3-4-13(18(26)28-2)14(11-12)19-15(23)16(24)21-7-5-20(6-8-21)9-10-22/h3-4,11,22H,5-10H2,1-2H3,(H,19,23). The summed E-state index contributed by atoms with van der Waals surface area (Å²) in [5, 5.41) is 11.3. The molecule has 1 aliphatic rings. The number of esters is 2. The number of benzene rings is 1. The second-order valence-corrected chi connectivity index (χ2v) is 6.06. The van der Waals surface area contributed by atoms with Crippen LogP contribution in [-0.4, -0.2) is 92.2 Å². The van der Waals surface area contributed by atoms with E-state index in [1.54, 1.807) is 0 Å². The summed E-state index contributed by atoms with van der Waals surface area (Å²) >= 11 is 0. The summed E-state index contributed by atoms with van der Waals surface area (Å²) in [7, 11) is 2.38. The van der Waals surface area contributed by atoms with Crippen LogP contribution in [0.2, 0.25) is 0 Å². The number of aliphatic hydroxyl groups excluding tert-OH is 1. The molecule has 0 saturated carbocycles. The van der Waals surface area contributed by atoms with Crippen molar-refractivity contribution in [1.29, 1.82) is 0 Å². The van der Waals surface area contributed by atoms with Crippen molar-refractivity contribution in [3.05, 3.63) is 29.3 Å². The highest BCUT2D eigenvalue weighted by Crippen LogP contribution is 2.20. The molecule has 2 N–H and O–H groups in total. The number of piperazine rings is 1. The SMILES string of the molecule is COC(=O)c1ccc(C(=O)OC)c(NC(=O)C(=O)N2CCN(CCO)CC2)c1. The van der Waals surface area contributed by atoms with Crippen LogP contribution in [0.5, 0.6) is 0 Å². The lowest BCUT2D eigenvalue weighted by molar-refractivity contribution is -0.144. The van der Waals surface area contributed by atoms with E-state index in [-0.39, 0.29) is 23.4 Å². The van der Waals surface area contributed by atoms with E-state index in [2.05, 4.69) is 14.8 Å². The quantitative estimate of drug-likeness (QED) is 0.499. The fourth-order valence-electron chi connectivity index (χ4n) is 2.82. The van der Waals surface area contributed by atoms with Crippen molar-refractivity contribution >= 4 is 29.4 Å². The van der Waals surface area contributed by atoms with Crippen molar-refractivity contribution in [3.63, 3.8) is 0 Å². The average Bonchev–Trinajstić information content (AvgIpc) is 2.72. The first-order valence-electron chi connectivity index (χ1n) is 8.65. The Bertz CT molecular complexity index is 758. The summed E-state index contributed by atoms with van der Waals surface area (Å²) in [4.78, 5) is 51.9. The molecular formula is C18H23N3O7. The molecule has 2 rings (SSSR count). The number of anilines is 1. The Hall–Kier alpha value is -2.98. The molecule has 0 spiro atoms. The van der Waals surface area contributed by atoms with Gasteiger partial charge in [0.2, 0.25) is 0 Å². The van der Waals surface area contributed by atoms with Crippen molar-refractivity contribution in [1.82, 2.24) is 9.80 Å². The second-order valence-electron chi connectivity index (χ2n) is 6.06. The zero-order valence-corrected chi connectivity index (χ0v) is 15.8. The van der Waals surface area contributed by atoms with Crippen molar-refractivity contribution < 1.29 is 33.8 Å². The molecule has 0 atom stereocenters. The highest BCUT2D eigenvalue weighted by molar-refractivity contribution is 6.40. The minimum atomic E-state index is -0.928. The number of rotatable bonds is 5. The molecule has 0 aliphatic carbocycles. The Morgan fingerprint density at radius 2 is 1.68 bits per heavy atom. The lowest BCUT2D eigenvalue weighted by atomic mass is 10.1. The first-order chi connectivity index (χ1) is 13.4. The summed E-state index contributed by atoms with van der Waals surface area (Å²) < 4.78 is 9.30. The maximum absolute atomic E-state index is 12.4. The number of nitrogens with one attached hydrogen (secondary N) is 1. The number of aliphatic hydroxyl groups is 1. The first kappa shape index (κ1) is 21.3. The highest BCUT2D eigenvalue weighted by atomic mass is 16.5. The minimum absolute atomic E-state index is 0.00377. The molecule has 1 aliphatic heterocycles. The van der Waals surface area contributed by atoms with Gasteiger partial charge in [-0.15, -0.1) is 0 Å². The summed E-state index contributed by atoms with van der Waals surface area (Å²) in [5.41, 5.74) is 0.0894. The van der Waals surface area contributed by atoms with Gasteiger partial charge in [0, 0.05) is 32.7 Å². The smallest absolute Gasteiger partial charge is 0.339 e. The molecule has 1 aromatic carbocycles. The van der Waals surface area contributed by atoms with E-state index in [0.717, 1.165) is 0 Å². The number of nitrogens with zero attached hydrogens (tertiary/aromatic N) is 2. The zero-order valence-electron chi connectivity index (χ0n) is 15.8. The summed E-state index contributed by atoms with van der Waals surface area (Å²) in [6.45, 7) is 2.32. The molecule has 1 aromatic rings. The third-order valence-electron chi connectivity index (χ3n) is 4.36. The molecule has 10 nitrogen and oxygen atoms in total. The number of β-amino-alcohol motifs (C(OH)–C–C–N with tert-alkyl or cyclic N) is 1. The monoisotopic (exact) mass is 393 g/mol. The van der Waals surface area contributed by atoms with Crippen LogP contribution >= 0.6 is 0 Å². The molecule has 152 valence electrons. The molecule has 10 heteroatoms. The third-order valence-corrected chi connectivity index (χ3v) is 4.36. The van der Waals surface area contributed by atoms with Crippen molar-refractivity contribution in [2.75, 3.05) is 58.9 Å². The van der Waals surface area contributed by atoms with E-state index < -0.39 is 23.8 Å². The highest BCUT2D eigenvalue weighted by Gasteiger charge is 2.27. The van der Waals surface area contributed by atoms with Crippen LogP contribution in [0.3, 0.4) is 0 Å². The summed E-state index contributed by atoms with van der Waals surface area (Å²) in [6, 6.07) is 3.92. The fourth-order valence-corrected chi connectivity index (χ4v) is 2.82. The van der Waals surface area contributed by atoms with E-state index in [0.29, 0.717) is 32.7 Å². The number of carbonyl (C=O) groups excluding carboxylic acids is 4. The van der Waals surface area contributed by atoms with Gasteiger partial charge in [-0.25, -0.2) is 9.59 Å². The van der Waals surface area contributed by atoms with Crippen molar-refractivity contribution in [2.45, 2.75) is 0 Å². The van der Waals surface area contributed by atoms with Gasteiger partial charge in [0.25, 0.3) is 0 Å². The third kappa shape index (κ3) is 5.05. The summed E-state index contributed by atoms with van der Waals surface area (Å²) in [6.07, 6.45) is 0. The molecule has 0 aromatic heterocycles. The Kier molecular flexibility index (Phi) is 7.47. The summed E-state index contributed by atoms with van der Waals surface area (Å²) in [5.74, 6) is -3.05. The molecule has 0 radical (unpaired) electrons. The molecule has 1 heterocycles. The van der Waals surface area contributed by atoms with Crippen LogP contribution in [0.4, 0.5) is 5.69 Å². The Morgan fingerprint density at radius 1 is 1.04 bits per heavy atom. The molecule has 0 bridgehead atoms. The lowest BCUT2D eigenvalue weighted by Gasteiger charge is -2.33. The fraction of sp³-hybridized carbons (Fsp3) is 0.444. The van der Waals surface area contributed by atoms with E-state index in [1.807, 2.05) is 4.90 Å². The number of hydrogen-bond acceptors (Lipinski definition) is 8. The van der Waals surface area contributed by atoms with Gasteiger partial charge in [0.15, 0.2) is 0 Å². The van der Waals surface area contributed by atoms with Crippen LogP contribution in [0.25, 0.3) is 0 Å². The first-order valence-corrected chi connectivity index (χ1v) is 8.65. The van der Waals surface area contributed by atoms with Gasteiger partial charge in [-0.05, 0) is 18.2 Å². The van der Waals surface area contributed by atoms with E-state index in [1.165, 1.54) is 37.3 Å². The van der Waals surface area contributed by atoms with Crippen LogP contribution in [-0.2, 0) is 19.1 Å². The number of ether oxygens (including phenoxy) is 2. The topological polar surface area (TPSA) is 125 Å². The van der Waals surface area contributed by atoms with Crippen molar-refractivity contribution in [2.24, 2.45) is 0 Å². The number of amides is 2. The van der Waals surface area contributed by atoms with Gasteiger partial charge in [0.05, 0.1) is 37.6 Å². The maximum atomic E-state index is 12.4. The molecular weight excluding hydrogens is 370 g/mol. The number of carbonyl (C=O) groups is 4. The van der Waals surface area contributed by atoms with Crippen LogP contribution in [0.1, 0.15) is 20.7 Å².